The average molecular weight is 778 g/mol. The van der Waals surface area contributed by atoms with Crippen LogP contribution in [0.1, 0.15) is 170 Å². The van der Waals surface area contributed by atoms with E-state index in [1.165, 1.54) is 0 Å². The Kier molecular flexibility index (Phi) is 13.1. The van der Waals surface area contributed by atoms with Crippen LogP contribution in [0.25, 0.3) is 0 Å². The van der Waals surface area contributed by atoms with Crippen LogP contribution >= 0.6 is 0 Å². The molecule has 0 aromatic heterocycles. The molecule has 0 unspecified atom stereocenters. The van der Waals surface area contributed by atoms with Crippen molar-refractivity contribution in [3.63, 3.8) is 0 Å². The number of nitrogens with one attached hydrogen (secondary N) is 1. The number of nitrogens with zero attached hydrogens (tertiary/aromatic N) is 2. The van der Waals surface area contributed by atoms with Crippen LogP contribution < -0.4 is 5.32 Å². The highest BCUT2D eigenvalue weighted by atomic mass is 16.2. The fraction of sp³-hybridized carbons (Fsp3) is 0.872. The lowest BCUT2D eigenvalue weighted by Gasteiger charge is -2.38. The minimum absolute atomic E-state index is 0.0158. The second-order valence-corrected chi connectivity index (χ2v) is 21.0. The number of carbonyl (C=O) groups excluding carboxylic acids is 6. The maximum atomic E-state index is 15.2. The zero-order chi connectivity index (χ0) is 40.6. The maximum absolute atomic E-state index is 15.2. The molecular weight excluding hydrogens is 703 g/mol. The lowest BCUT2D eigenvalue weighted by Crippen LogP contribution is -2.53. The van der Waals surface area contributed by atoms with Crippen LogP contribution in [0.3, 0.4) is 0 Å². The summed E-state index contributed by atoms with van der Waals surface area (Å²) >= 11 is 0. The van der Waals surface area contributed by atoms with Gasteiger partial charge in [-0.3, -0.25) is 28.8 Å². The van der Waals surface area contributed by atoms with Crippen molar-refractivity contribution >= 4 is 34.9 Å². The summed E-state index contributed by atoms with van der Waals surface area (Å²) in [5.41, 5.74) is -0.691. The molecule has 6 atom stereocenters. The van der Waals surface area contributed by atoms with Gasteiger partial charge in [-0.25, -0.2) is 0 Å². The molecule has 6 fully saturated rings. The second kappa shape index (κ2) is 17.0. The molecule has 0 bridgehead atoms. The Balaban J connectivity index is 1.24. The zero-order valence-electron chi connectivity index (χ0n) is 36.1. The lowest BCUT2D eigenvalue weighted by atomic mass is 9.73. The molecule has 4 aliphatic carbocycles. The fourth-order valence-corrected chi connectivity index (χ4v) is 12.4. The second-order valence-electron chi connectivity index (χ2n) is 21.0. The molecule has 0 aromatic carbocycles. The van der Waals surface area contributed by atoms with Crippen LogP contribution in [0.4, 0.5) is 0 Å². The normalized spacial score (nSPS) is 29.0. The van der Waals surface area contributed by atoms with Gasteiger partial charge in [-0.2, -0.15) is 0 Å². The van der Waals surface area contributed by atoms with Gasteiger partial charge in [-0.05, 0) is 112 Å². The maximum Gasteiger partial charge on any atom is 0.227 e. The molecule has 6 aliphatic rings. The topological polar surface area (TPSA) is 121 Å². The van der Waals surface area contributed by atoms with Crippen LogP contribution in [0.15, 0.2) is 0 Å². The number of fused-ring (bicyclic) bond motifs is 1. The summed E-state index contributed by atoms with van der Waals surface area (Å²) in [6.45, 7) is 18.0. The molecule has 9 heteroatoms. The molecule has 1 N–H and O–H groups in total. The summed E-state index contributed by atoms with van der Waals surface area (Å²) in [4.78, 5) is 89.2. The van der Waals surface area contributed by atoms with Crippen molar-refractivity contribution in [1.29, 1.82) is 0 Å². The zero-order valence-corrected chi connectivity index (χ0v) is 36.1. The predicted octanol–water partition coefficient (Wildman–Crippen LogP) is 7.91. The van der Waals surface area contributed by atoms with Gasteiger partial charge in [0.25, 0.3) is 0 Å². The van der Waals surface area contributed by atoms with Gasteiger partial charge in [0.1, 0.15) is 0 Å². The monoisotopic (exact) mass is 778 g/mol. The Morgan fingerprint density at radius 1 is 0.821 bits per heavy atom. The van der Waals surface area contributed by atoms with Crippen molar-refractivity contribution in [2.45, 2.75) is 183 Å². The number of hydrogen-bond donors (Lipinski definition) is 1. The van der Waals surface area contributed by atoms with E-state index in [-0.39, 0.29) is 76.5 Å². The van der Waals surface area contributed by atoms with E-state index in [1.807, 2.05) is 32.6 Å². The number of piperidine rings is 1. The first-order chi connectivity index (χ1) is 26.5. The summed E-state index contributed by atoms with van der Waals surface area (Å²) in [7, 11) is 0. The predicted molar refractivity (Wildman–Crippen MR) is 219 cm³/mol. The summed E-state index contributed by atoms with van der Waals surface area (Å²) in [6, 6.07) is -1.31. The summed E-state index contributed by atoms with van der Waals surface area (Å²) in [6.07, 6.45) is 15.1. The third kappa shape index (κ3) is 8.37. The van der Waals surface area contributed by atoms with Crippen molar-refractivity contribution in [2.75, 3.05) is 26.2 Å². The van der Waals surface area contributed by atoms with E-state index in [2.05, 4.69) is 31.0 Å². The highest BCUT2D eigenvalue weighted by Gasteiger charge is 2.85. The van der Waals surface area contributed by atoms with Crippen molar-refractivity contribution in [3.8, 4) is 0 Å². The first kappa shape index (κ1) is 43.2. The average Bonchev–Trinajstić information content (AvgIpc) is 3.97. The molecule has 56 heavy (non-hydrogen) atoms. The molecule has 0 radical (unpaired) electrons. The first-order valence-corrected chi connectivity index (χ1v) is 23.0. The van der Waals surface area contributed by atoms with Gasteiger partial charge in [0, 0.05) is 49.6 Å². The van der Waals surface area contributed by atoms with Gasteiger partial charge in [-0.1, -0.05) is 80.6 Å². The first-order valence-electron chi connectivity index (χ1n) is 23.0. The lowest BCUT2D eigenvalue weighted by molar-refractivity contribution is -0.147. The highest BCUT2D eigenvalue weighted by Crippen LogP contribution is 2.88. The molecule has 2 saturated heterocycles. The van der Waals surface area contributed by atoms with Crippen LogP contribution in [0, 0.1) is 51.2 Å². The molecule has 2 heterocycles. The molecule has 2 aliphatic heterocycles. The highest BCUT2D eigenvalue weighted by molar-refractivity contribution is 6.38. The van der Waals surface area contributed by atoms with E-state index >= 15 is 4.79 Å². The SMILES string of the molecule is CCC[C@H](CC(=O)[C@@H]1C[C@@]2(CN1C(=O)[C@@H](CC(=O)[C@@H](NC(=O)[C@H]1CCCN(CCC)C1)C1CCCCC1)C(C)(C)C)C(C)(C)C21CCC1)C(=O)C(=O)CC1CC1. The summed E-state index contributed by atoms with van der Waals surface area (Å²) in [5.74, 6) is -2.26. The Labute approximate surface area is 338 Å². The number of rotatable bonds is 18. The largest absolute Gasteiger partial charge is 0.346 e. The van der Waals surface area contributed by atoms with Crippen molar-refractivity contribution in [2.24, 2.45) is 51.2 Å². The van der Waals surface area contributed by atoms with Gasteiger partial charge >= 0.3 is 0 Å². The van der Waals surface area contributed by atoms with E-state index in [0.29, 0.717) is 31.7 Å². The quantitative estimate of drug-likeness (QED) is 0.141. The fourth-order valence-electron chi connectivity index (χ4n) is 12.4. The Hall–Kier alpha value is -2.42. The van der Waals surface area contributed by atoms with Crippen molar-refractivity contribution in [1.82, 2.24) is 15.1 Å². The van der Waals surface area contributed by atoms with Crippen LogP contribution in [0.5, 0.6) is 0 Å². The molecule has 2 spiro atoms. The van der Waals surface area contributed by atoms with Gasteiger partial charge in [0.2, 0.25) is 17.6 Å². The minimum atomic E-state index is -0.682. The van der Waals surface area contributed by atoms with Crippen LogP contribution in [0.2, 0.25) is 0 Å². The number of Topliss-reactive ketones (excluding diaryl/α,β-unsaturated/α-hetero) is 4. The number of amides is 2. The van der Waals surface area contributed by atoms with Gasteiger partial charge < -0.3 is 15.1 Å². The van der Waals surface area contributed by atoms with Crippen molar-refractivity contribution in [3.05, 3.63) is 0 Å². The Bertz CT molecular complexity index is 1500. The standard InChI is InChI=1S/C47H75N3O6/c1-8-15-33(41(54)39(53)25-31-19-20-31)26-37(51)36-28-47(45(6,7)46(47)21-14-22-46)30-50(36)43(56)35(44(3,4)5)27-38(52)40(32-16-11-10-12-17-32)48-42(55)34-18-13-24-49(29-34)23-9-2/h31-36,40H,8-30H2,1-7H3,(H,48,55)/t33-,34+,35-,36+,40+,47-/m1/s1. The van der Waals surface area contributed by atoms with E-state index in [1.54, 1.807) is 0 Å². The number of carbonyl (C=O) groups is 6. The van der Waals surface area contributed by atoms with E-state index in [0.717, 1.165) is 103 Å². The van der Waals surface area contributed by atoms with Gasteiger partial charge in [-0.15, -0.1) is 0 Å². The molecule has 4 saturated carbocycles. The number of ketones is 4. The van der Waals surface area contributed by atoms with Crippen molar-refractivity contribution < 1.29 is 28.8 Å². The van der Waals surface area contributed by atoms with Gasteiger partial charge in [0.05, 0.1) is 18.0 Å². The summed E-state index contributed by atoms with van der Waals surface area (Å²) < 4.78 is 0. The third-order valence-corrected chi connectivity index (χ3v) is 16.3. The number of hydrogen-bond acceptors (Lipinski definition) is 7. The number of likely N-dealkylation sites (tertiary alicyclic amines) is 2. The molecule has 314 valence electrons. The minimum Gasteiger partial charge on any atom is -0.346 e. The Morgan fingerprint density at radius 3 is 2.09 bits per heavy atom. The third-order valence-electron chi connectivity index (χ3n) is 16.3. The van der Waals surface area contributed by atoms with E-state index in [9.17, 15) is 24.0 Å². The smallest absolute Gasteiger partial charge is 0.227 e. The molecule has 6 rings (SSSR count). The molecular formula is C47H75N3O6. The molecule has 9 nitrogen and oxygen atoms in total. The molecule has 2 amide bonds. The van der Waals surface area contributed by atoms with Gasteiger partial charge in [0.15, 0.2) is 17.3 Å². The Morgan fingerprint density at radius 2 is 1.52 bits per heavy atom. The summed E-state index contributed by atoms with van der Waals surface area (Å²) in [5, 5.41) is 3.29. The van der Waals surface area contributed by atoms with E-state index in [4.69, 9.17) is 0 Å². The van der Waals surface area contributed by atoms with Crippen LogP contribution in [-0.4, -0.2) is 83.0 Å². The van der Waals surface area contributed by atoms with E-state index < -0.39 is 35.1 Å². The van der Waals surface area contributed by atoms with Crippen LogP contribution in [-0.2, 0) is 28.8 Å². The molecule has 0 aromatic rings.